The molecule has 0 fully saturated rings. The first kappa shape index (κ1) is 13.5. The van der Waals surface area contributed by atoms with Crippen molar-refractivity contribution in [2.45, 2.75) is 30.8 Å². The van der Waals surface area contributed by atoms with Crippen LogP contribution in [-0.2, 0) is 9.84 Å². The van der Waals surface area contributed by atoms with Crippen LogP contribution in [0.2, 0.25) is 5.02 Å². The second-order valence-corrected chi connectivity index (χ2v) is 6.15. The molecule has 0 aromatic heterocycles. The standard InChI is InChI=1S/C11H15ClO3S/c1-2-4-10(13)8-16(14,15)11-6-3-5-9(12)7-11/h3,5-7,10,13H,2,4,8H2,1H3. The monoisotopic (exact) mass is 262 g/mol. The summed E-state index contributed by atoms with van der Waals surface area (Å²) in [5.41, 5.74) is 0. The van der Waals surface area contributed by atoms with E-state index < -0.39 is 15.9 Å². The summed E-state index contributed by atoms with van der Waals surface area (Å²) in [7, 11) is -3.44. The van der Waals surface area contributed by atoms with Crippen molar-refractivity contribution in [3.8, 4) is 0 Å². The number of hydrogen-bond acceptors (Lipinski definition) is 3. The molecule has 3 nitrogen and oxygen atoms in total. The largest absolute Gasteiger partial charge is 0.392 e. The Bertz CT molecular complexity index is 442. The first-order valence-corrected chi connectivity index (χ1v) is 7.15. The zero-order valence-electron chi connectivity index (χ0n) is 9.06. The van der Waals surface area contributed by atoms with Gasteiger partial charge in [0.05, 0.1) is 16.8 Å². The fourth-order valence-electron chi connectivity index (χ4n) is 1.43. The van der Waals surface area contributed by atoms with E-state index in [1.54, 1.807) is 12.1 Å². The van der Waals surface area contributed by atoms with E-state index in [-0.39, 0.29) is 10.6 Å². The van der Waals surface area contributed by atoms with Crippen LogP contribution in [0.3, 0.4) is 0 Å². The highest BCUT2D eigenvalue weighted by atomic mass is 35.5. The lowest BCUT2D eigenvalue weighted by atomic mass is 10.2. The molecule has 0 aliphatic carbocycles. The van der Waals surface area contributed by atoms with Crippen molar-refractivity contribution in [2.75, 3.05) is 5.75 Å². The summed E-state index contributed by atoms with van der Waals surface area (Å²) in [5.74, 6) is -0.249. The Labute approximate surface area is 101 Å². The van der Waals surface area contributed by atoms with Gasteiger partial charge in [0.1, 0.15) is 0 Å². The van der Waals surface area contributed by atoms with E-state index in [0.717, 1.165) is 6.42 Å². The molecular weight excluding hydrogens is 248 g/mol. The SMILES string of the molecule is CCCC(O)CS(=O)(=O)c1cccc(Cl)c1. The maximum atomic E-state index is 11.9. The minimum atomic E-state index is -3.44. The molecule has 0 aliphatic heterocycles. The zero-order valence-corrected chi connectivity index (χ0v) is 10.6. The minimum Gasteiger partial charge on any atom is -0.392 e. The van der Waals surface area contributed by atoms with Crippen LogP contribution in [0.1, 0.15) is 19.8 Å². The first-order chi connectivity index (χ1) is 7.45. The summed E-state index contributed by atoms with van der Waals surface area (Å²) in [6.07, 6.45) is 0.431. The van der Waals surface area contributed by atoms with Gasteiger partial charge in [-0.3, -0.25) is 0 Å². The van der Waals surface area contributed by atoms with Crippen molar-refractivity contribution in [3.05, 3.63) is 29.3 Å². The third-order valence-electron chi connectivity index (χ3n) is 2.19. The first-order valence-electron chi connectivity index (χ1n) is 5.12. The van der Waals surface area contributed by atoms with Gasteiger partial charge in [-0.2, -0.15) is 0 Å². The summed E-state index contributed by atoms with van der Waals surface area (Å²) in [6.45, 7) is 1.90. The van der Waals surface area contributed by atoms with Gasteiger partial charge >= 0.3 is 0 Å². The molecule has 0 amide bonds. The minimum absolute atomic E-state index is 0.162. The van der Waals surface area contributed by atoms with Gasteiger partial charge in [0.2, 0.25) is 0 Å². The Hall–Kier alpha value is -0.580. The molecule has 1 aromatic rings. The van der Waals surface area contributed by atoms with E-state index in [1.807, 2.05) is 6.92 Å². The van der Waals surface area contributed by atoms with Crippen LogP contribution < -0.4 is 0 Å². The average Bonchev–Trinajstić information content (AvgIpc) is 2.17. The fourth-order valence-corrected chi connectivity index (χ4v) is 3.14. The number of benzene rings is 1. The van der Waals surface area contributed by atoms with Crippen LogP contribution in [0.15, 0.2) is 29.2 Å². The molecule has 0 saturated heterocycles. The summed E-state index contributed by atoms with van der Waals surface area (Å²) >= 11 is 5.72. The van der Waals surface area contributed by atoms with Gasteiger partial charge in [-0.25, -0.2) is 8.42 Å². The lowest BCUT2D eigenvalue weighted by Gasteiger charge is -2.10. The predicted octanol–water partition coefficient (Wildman–Crippen LogP) is 2.27. The summed E-state index contributed by atoms with van der Waals surface area (Å²) < 4.78 is 23.7. The molecule has 16 heavy (non-hydrogen) atoms. The number of aliphatic hydroxyl groups is 1. The van der Waals surface area contributed by atoms with E-state index in [2.05, 4.69) is 0 Å². The predicted molar refractivity (Wildman–Crippen MR) is 64.4 cm³/mol. The quantitative estimate of drug-likeness (QED) is 0.886. The van der Waals surface area contributed by atoms with Crippen LogP contribution in [0, 0.1) is 0 Å². The van der Waals surface area contributed by atoms with Gasteiger partial charge in [-0.15, -0.1) is 0 Å². The lowest BCUT2D eigenvalue weighted by molar-refractivity contribution is 0.186. The van der Waals surface area contributed by atoms with Gasteiger partial charge in [-0.05, 0) is 24.6 Å². The molecule has 1 N–H and O–H groups in total. The van der Waals surface area contributed by atoms with Crippen molar-refractivity contribution in [3.63, 3.8) is 0 Å². The number of aliphatic hydroxyl groups excluding tert-OH is 1. The molecule has 5 heteroatoms. The van der Waals surface area contributed by atoms with Gasteiger partial charge in [-0.1, -0.05) is 31.0 Å². The average molecular weight is 263 g/mol. The maximum absolute atomic E-state index is 11.9. The van der Waals surface area contributed by atoms with E-state index in [4.69, 9.17) is 11.6 Å². The number of rotatable bonds is 5. The van der Waals surface area contributed by atoms with E-state index >= 15 is 0 Å². The fraction of sp³-hybridized carbons (Fsp3) is 0.455. The second-order valence-electron chi connectivity index (χ2n) is 3.68. The normalized spacial score (nSPS) is 13.7. The lowest BCUT2D eigenvalue weighted by Crippen LogP contribution is -2.20. The molecule has 0 heterocycles. The van der Waals surface area contributed by atoms with Gasteiger partial charge < -0.3 is 5.11 Å². The van der Waals surface area contributed by atoms with Crippen molar-refractivity contribution in [2.24, 2.45) is 0 Å². The molecule has 0 saturated carbocycles. The Morgan fingerprint density at radius 3 is 2.69 bits per heavy atom. The van der Waals surface area contributed by atoms with E-state index in [0.29, 0.717) is 11.4 Å². The molecule has 0 spiro atoms. The summed E-state index contributed by atoms with van der Waals surface area (Å²) in [6, 6.07) is 6.08. The van der Waals surface area contributed by atoms with Crippen molar-refractivity contribution in [1.82, 2.24) is 0 Å². The van der Waals surface area contributed by atoms with Gasteiger partial charge in [0, 0.05) is 5.02 Å². The molecule has 1 aromatic carbocycles. The smallest absolute Gasteiger partial charge is 0.180 e. The van der Waals surface area contributed by atoms with Crippen LogP contribution >= 0.6 is 11.6 Å². The number of sulfone groups is 1. The van der Waals surface area contributed by atoms with Crippen molar-refractivity contribution >= 4 is 21.4 Å². The Balaban J connectivity index is 2.86. The second kappa shape index (κ2) is 5.66. The van der Waals surface area contributed by atoms with Crippen molar-refractivity contribution < 1.29 is 13.5 Å². The summed E-state index contributed by atoms with van der Waals surface area (Å²) in [4.78, 5) is 0.162. The van der Waals surface area contributed by atoms with Gasteiger partial charge in [0.25, 0.3) is 0 Å². The molecule has 0 bridgehead atoms. The Morgan fingerprint density at radius 1 is 1.44 bits per heavy atom. The zero-order chi connectivity index (χ0) is 12.2. The Morgan fingerprint density at radius 2 is 2.12 bits per heavy atom. The highest BCUT2D eigenvalue weighted by Gasteiger charge is 2.19. The highest BCUT2D eigenvalue weighted by Crippen LogP contribution is 2.18. The van der Waals surface area contributed by atoms with E-state index in [1.165, 1.54) is 12.1 Å². The Kier molecular flexibility index (Phi) is 4.77. The van der Waals surface area contributed by atoms with E-state index in [9.17, 15) is 13.5 Å². The highest BCUT2D eigenvalue weighted by molar-refractivity contribution is 7.91. The maximum Gasteiger partial charge on any atom is 0.180 e. The molecular formula is C11H15ClO3S. The molecule has 0 aliphatic rings. The number of hydrogen-bond donors (Lipinski definition) is 1. The van der Waals surface area contributed by atoms with Crippen LogP contribution in [-0.4, -0.2) is 25.4 Å². The van der Waals surface area contributed by atoms with Crippen LogP contribution in [0.5, 0.6) is 0 Å². The molecule has 1 rings (SSSR count). The molecule has 1 unspecified atom stereocenters. The molecule has 90 valence electrons. The van der Waals surface area contributed by atoms with Gasteiger partial charge in [0.15, 0.2) is 9.84 Å². The van der Waals surface area contributed by atoms with Crippen LogP contribution in [0.25, 0.3) is 0 Å². The third kappa shape index (κ3) is 3.77. The van der Waals surface area contributed by atoms with Crippen LogP contribution in [0.4, 0.5) is 0 Å². The topological polar surface area (TPSA) is 54.4 Å². The third-order valence-corrected chi connectivity index (χ3v) is 4.22. The van der Waals surface area contributed by atoms with Crippen molar-refractivity contribution in [1.29, 1.82) is 0 Å². The summed E-state index contributed by atoms with van der Waals surface area (Å²) in [5, 5.41) is 9.88. The number of halogens is 1. The molecule has 0 radical (unpaired) electrons. The molecule has 1 atom stereocenters.